The van der Waals surface area contributed by atoms with Gasteiger partial charge >= 0.3 is 0 Å². The van der Waals surface area contributed by atoms with E-state index in [1.807, 2.05) is 12.1 Å². The van der Waals surface area contributed by atoms with E-state index in [1.165, 1.54) is 54.7 Å². The van der Waals surface area contributed by atoms with E-state index in [0.29, 0.717) is 0 Å². The second-order valence-electron chi connectivity index (χ2n) is 13.3. The largest absolute Gasteiger partial charge is 0.455 e. The molecule has 0 bridgehead atoms. The first-order valence-corrected chi connectivity index (χ1v) is 17.4. The van der Waals surface area contributed by atoms with Gasteiger partial charge in [-0.25, -0.2) is 0 Å². The molecule has 3 heterocycles. The van der Waals surface area contributed by atoms with Gasteiger partial charge in [-0.1, -0.05) is 121 Å². The maximum Gasteiger partial charge on any atom is 0.143 e. The Bertz CT molecular complexity index is 3110. The molecule has 51 heavy (non-hydrogen) atoms. The Balaban J connectivity index is 1.18. The molecule has 238 valence electrons. The van der Waals surface area contributed by atoms with Gasteiger partial charge < -0.3 is 13.6 Å². The fourth-order valence-corrected chi connectivity index (χ4v) is 8.28. The Kier molecular flexibility index (Phi) is 5.96. The molecule has 0 fully saturated rings. The van der Waals surface area contributed by atoms with Crippen molar-refractivity contribution in [2.24, 2.45) is 0 Å². The lowest BCUT2D eigenvalue weighted by molar-refractivity contribution is 0.670. The van der Waals surface area contributed by atoms with Crippen LogP contribution in [-0.4, -0.2) is 9.13 Å². The number of hydrogen-bond acceptors (Lipinski definition) is 1. The van der Waals surface area contributed by atoms with Crippen LogP contribution < -0.4 is 0 Å². The van der Waals surface area contributed by atoms with Gasteiger partial charge in [-0.05, 0) is 77.4 Å². The van der Waals surface area contributed by atoms with Crippen molar-refractivity contribution in [1.29, 1.82) is 0 Å². The average Bonchev–Trinajstić information content (AvgIpc) is 3.86. The fraction of sp³-hybridized carbons (Fsp3) is 0. The Labute approximate surface area is 293 Å². The zero-order chi connectivity index (χ0) is 33.5. The predicted octanol–water partition coefficient (Wildman–Crippen LogP) is 13.1. The maximum absolute atomic E-state index is 6.41. The molecular formula is C48H30N2O. The highest BCUT2D eigenvalue weighted by molar-refractivity contribution is 6.29. The van der Waals surface area contributed by atoms with Gasteiger partial charge in [0.2, 0.25) is 0 Å². The van der Waals surface area contributed by atoms with Gasteiger partial charge in [-0.15, -0.1) is 0 Å². The quantitative estimate of drug-likeness (QED) is 0.186. The standard InChI is InChI=1S/C48H30N2O/c1-3-12-31(13-4-1)33-24-27-42-40(30-33)47-44(29-28-43-46(47)39-17-7-9-20-41(39)49(43)34-14-5-2-6-15-34)50(42)35-25-22-32(23-26-35)36-18-11-19-38-37-16-8-10-21-45(37)51-48(36)38/h1-30H. The number of nitrogens with zero attached hydrogens (tertiary/aromatic N) is 2. The van der Waals surface area contributed by atoms with Gasteiger partial charge in [0, 0.05) is 49.3 Å². The molecule has 3 aromatic heterocycles. The Morgan fingerprint density at radius 3 is 1.69 bits per heavy atom. The number of aromatic nitrogens is 2. The lowest BCUT2D eigenvalue weighted by Crippen LogP contribution is -1.95. The zero-order valence-electron chi connectivity index (χ0n) is 27.6. The molecule has 0 aliphatic carbocycles. The second kappa shape index (κ2) is 10.8. The number of para-hydroxylation sites is 4. The predicted molar refractivity (Wildman–Crippen MR) is 213 cm³/mol. The summed E-state index contributed by atoms with van der Waals surface area (Å²) < 4.78 is 11.2. The number of benzene rings is 8. The smallest absolute Gasteiger partial charge is 0.143 e. The van der Waals surface area contributed by atoms with Crippen molar-refractivity contribution in [3.63, 3.8) is 0 Å². The monoisotopic (exact) mass is 650 g/mol. The molecule has 3 heteroatoms. The SMILES string of the molecule is c1ccc(-c2ccc3c(c2)c2c4c5ccccc5n(-c5ccccc5)c4ccc2n3-c2ccc(-c3cccc4c3oc3ccccc34)cc2)cc1. The third-order valence-corrected chi connectivity index (χ3v) is 10.5. The number of rotatable bonds is 4. The molecule has 11 aromatic rings. The molecule has 11 rings (SSSR count). The van der Waals surface area contributed by atoms with E-state index in [9.17, 15) is 0 Å². The molecule has 3 nitrogen and oxygen atoms in total. The van der Waals surface area contributed by atoms with Gasteiger partial charge in [0.25, 0.3) is 0 Å². The summed E-state index contributed by atoms with van der Waals surface area (Å²) in [5.74, 6) is 0. The summed E-state index contributed by atoms with van der Waals surface area (Å²) in [5, 5.41) is 7.31. The molecule has 0 saturated carbocycles. The minimum atomic E-state index is 0.914. The molecule has 0 aliphatic rings. The Morgan fingerprint density at radius 1 is 0.333 bits per heavy atom. The highest BCUT2D eigenvalue weighted by Crippen LogP contribution is 2.44. The van der Waals surface area contributed by atoms with Crippen molar-refractivity contribution in [3.05, 3.63) is 182 Å². The molecule has 0 unspecified atom stereocenters. The lowest BCUT2D eigenvalue weighted by atomic mass is 10.0. The Hall–Kier alpha value is -6.84. The zero-order valence-corrected chi connectivity index (χ0v) is 27.6. The minimum absolute atomic E-state index is 0.914. The van der Waals surface area contributed by atoms with E-state index < -0.39 is 0 Å². The topological polar surface area (TPSA) is 23.0 Å². The molecule has 0 radical (unpaired) electrons. The van der Waals surface area contributed by atoms with Crippen molar-refractivity contribution in [2.75, 3.05) is 0 Å². The number of hydrogen-bond donors (Lipinski definition) is 0. The first-order valence-electron chi connectivity index (χ1n) is 17.4. The number of fused-ring (bicyclic) bond motifs is 10. The third kappa shape index (κ3) is 4.12. The van der Waals surface area contributed by atoms with Gasteiger partial charge in [-0.3, -0.25) is 0 Å². The lowest BCUT2D eigenvalue weighted by Gasteiger charge is -2.11. The van der Waals surface area contributed by atoms with Crippen LogP contribution in [-0.2, 0) is 0 Å². The van der Waals surface area contributed by atoms with Crippen LogP contribution in [0.2, 0.25) is 0 Å². The van der Waals surface area contributed by atoms with E-state index in [4.69, 9.17) is 4.42 Å². The average molecular weight is 651 g/mol. The maximum atomic E-state index is 6.41. The molecule has 0 saturated heterocycles. The van der Waals surface area contributed by atoms with Crippen molar-refractivity contribution in [2.45, 2.75) is 0 Å². The van der Waals surface area contributed by atoms with Gasteiger partial charge in [0.1, 0.15) is 11.2 Å². The summed E-state index contributed by atoms with van der Waals surface area (Å²) in [6, 6.07) is 65.4. The van der Waals surface area contributed by atoms with Crippen LogP contribution >= 0.6 is 0 Å². The Morgan fingerprint density at radius 2 is 0.902 bits per heavy atom. The van der Waals surface area contributed by atoms with Crippen molar-refractivity contribution < 1.29 is 4.42 Å². The summed E-state index contributed by atoms with van der Waals surface area (Å²) >= 11 is 0. The van der Waals surface area contributed by atoms with Crippen LogP contribution in [0.1, 0.15) is 0 Å². The summed E-state index contributed by atoms with van der Waals surface area (Å²) in [6.07, 6.45) is 0. The van der Waals surface area contributed by atoms with E-state index in [-0.39, 0.29) is 0 Å². The highest BCUT2D eigenvalue weighted by atomic mass is 16.3. The molecular weight excluding hydrogens is 621 g/mol. The molecule has 0 spiro atoms. The third-order valence-electron chi connectivity index (χ3n) is 10.5. The highest BCUT2D eigenvalue weighted by Gasteiger charge is 2.21. The van der Waals surface area contributed by atoms with Gasteiger partial charge in [0.15, 0.2) is 0 Å². The summed E-state index contributed by atoms with van der Waals surface area (Å²) in [4.78, 5) is 0. The van der Waals surface area contributed by atoms with Crippen molar-refractivity contribution in [1.82, 2.24) is 9.13 Å². The first-order chi connectivity index (χ1) is 25.3. The van der Waals surface area contributed by atoms with Crippen LogP contribution in [0.4, 0.5) is 0 Å². The van der Waals surface area contributed by atoms with Gasteiger partial charge in [0.05, 0.1) is 22.1 Å². The van der Waals surface area contributed by atoms with Crippen molar-refractivity contribution >= 4 is 65.6 Å². The molecule has 0 amide bonds. The molecule has 8 aromatic carbocycles. The van der Waals surface area contributed by atoms with Crippen LogP contribution in [0.15, 0.2) is 186 Å². The van der Waals surface area contributed by atoms with Crippen LogP contribution in [0.5, 0.6) is 0 Å². The van der Waals surface area contributed by atoms with E-state index in [0.717, 1.165) is 44.4 Å². The van der Waals surface area contributed by atoms with Crippen molar-refractivity contribution in [3.8, 4) is 33.6 Å². The molecule has 0 aliphatic heterocycles. The second-order valence-corrected chi connectivity index (χ2v) is 13.3. The number of furan rings is 1. The summed E-state index contributed by atoms with van der Waals surface area (Å²) in [5.41, 5.74) is 13.5. The summed E-state index contributed by atoms with van der Waals surface area (Å²) in [7, 11) is 0. The van der Waals surface area contributed by atoms with E-state index in [1.54, 1.807) is 0 Å². The summed E-state index contributed by atoms with van der Waals surface area (Å²) in [6.45, 7) is 0. The fourth-order valence-electron chi connectivity index (χ4n) is 8.28. The van der Waals surface area contributed by atoms with Gasteiger partial charge in [-0.2, -0.15) is 0 Å². The molecule has 0 atom stereocenters. The first kappa shape index (κ1) is 28.0. The normalized spacial score (nSPS) is 11.9. The van der Waals surface area contributed by atoms with Crippen LogP contribution in [0.25, 0.3) is 99.2 Å². The van der Waals surface area contributed by atoms with Crippen LogP contribution in [0, 0.1) is 0 Å². The minimum Gasteiger partial charge on any atom is -0.455 e. The van der Waals surface area contributed by atoms with E-state index >= 15 is 0 Å². The van der Waals surface area contributed by atoms with E-state index in [2.05, 4.69) is 179 Å². The van der Waals surface area contributed by atoms with Crippen LogP contribution in [0.3, 0.4) is 0 Å². The molecule has 0 N–H and O–H groups in total.